The molecule has 1 aromatic heterocycles. The lowest BCUT2D eigenvalue weighted by atomic mass is 9.96. The topological polar surface area (TPSA) is 37.4 Å². The highest BCUT2D eigenvalue weighted by molar-refractivity contribution is 7.89. The summed E-state index contributed by atoms with van der Waals surface area (Å²) in [5, 5.41) is 1.79. The van der Waals surface area contributed by atoms with Crippen LogP contribution in [0.15, 0.2) is 16.3 Å². The molecule has 1 aromatic rings. The molecule has 1 fully saturated rings. The molecule has 0 radical (unpaired) electrons. The molecule has 1 heterocycles. The lowest BCUT2D eigenvalue weighted by Crippen LogP contribution is -2.38. The Balaban J connectivity index is 2.24. The quantitative estimate of drug-likeness (QED) is 0.799. The molecular formula is C12H18ClNO2S2. The van der Waals surface area contributed by atoms with Gasteiger partial charge >= 0.3 is 0 Å². The Kier molecular flexibility index (Phi) is 4.69. The van der Waals surface area contributed by atoms with Crippen molar-refractivity contribution in [2.24, 2.45) is 0 Å². The van der Waals surface area contributed by atoms with E-state index in [0.29, 0.717) is 4.90 Å². The number of hydrogen-bond acceptors (Lipinski definition) is 3. The third-order valence-corrected chi connectivity index (χ3v) is 7.04. The van der Waals surface area contributed by atoms with E-state index in [0.717, 1.165) is 30.6 Å². The molecule has 2 rings (SSSR count). The van der Waals surface area contributed by atoms with Crippen LogP contribution in [0.5, 0.6) is 0 Å². The van der Waals surface area contributed by atoms with E-state index in [9.17, 15) is 8.42 Å². The number of alkyl halides is 1. The number of rotatable bonds is 4. The normalized spacial score (nSPS) is 18.4. The highest BCUT2D eigenvalue weighted by Gasteiger charge is 2.30. The summed E-state index contributed by atoms with van der Waals surface area (Å²) in [5.41, 5.74) is 0. The van der Waals surface area contributed by atoms with Crippen LogP contribution in [0.2, 0.25) is 0 Å². The van der Waals surface area contributed by atoms with Gasteiger partial charge < -0.3 is 0 Å². The predicted molar refractivity (Wildman–Crippen MR) is 75.7 cm³/mol. The van der Waals surface area contributed by atoms with E-state index in [2.05, 4.69) is 0 Å². The zero-order valence-corrected chi connectivity index (χ0v) is 12.8. The van der Waals surface area contributed by atoms with Gasteiger partial charge in [-0.15, -0.1) is 22.9 Å². The summed E-state index contributed by atoms with van der Waals surface area (Å²) >= 11 is 7.20. The molecule has 0 atom stereocenters. The Morgan fingerprint density at radius 2 is 2.06 bits per heavy atom. The average molecular weight is 308 g/mol. The molecule has 1 aliphatic rings. The zero-order chi connectivity index (χ0) is 13.2. The van der Waals surface area contributed by atoms with Gasteiger partial charge in [0.05, 0.1) is 10.8 Å². The van der Waals surface area contributed by atoms with Gasteiger partial charge in [-0.3, -0.25) is 0 Å². The molecule has 18 heavy (non-hydrogen) atoms. The van der Waals surface area contributed by atoms with Crippen molar-refractivity contribution in [1.82, 2.24) is 4.31 Å². The molecule has 0 amide bonds. The summed E-state index contributed by atoms with van der Waals surface area (Å²) in [5.74, 6) is 0.255. The Labute approximate surface area is 118 Å². The maximum atomic E-state index is 12.5. The van der Waals surface area contributed by atoms with E-state index in [1.807, 2.05) is 0 Å². The van der Waals surface area contributed by atoms with Crippen molar-refractivity contribution in [2.45, 2.75) is 48.9 Å². The Morgan fingerprint density at radius 3 is 2.67 bits per heavy atom. The van der Waals surface area contributed by atoms with Gasteiger partial charge in [-0.1, -0.05) is 19.3 Å². The Hall–Kier alpha value is -0.100. The van der Waals surface area contributed by atoms with Crippen LogP contribution < -0.4 is 0 Å². The molecule has 3 nitrogen and oxygen atoms in total. The number of nitrogens with zero attached hydrogens (tertiary/aromatic N) is 1. The standard InChI is InChI=1S/C12H18ClNO2S2/c1-14(10-5-3-2-4-6-10)18(15,16)12-7-8-17-11(12)9-13/h7-8,10H,2-6,9H2,1H3. The van der Waals surface area contributed by atoms with Crippen molar-refractivity contribution in [3.63, 3.8) is 0 Å². The second kappa shape index (κ2) is 5.90. The molecule has 0 N–H and O–H groups in total. The van der Waals surface area contributed by atoms with Crippen molar-refractivity contribution in [3.05, 3.63) is 16.3 Å². The summed E-state index contributed by atoms with van der Waals surface area (Å²) < 4.78 is 26.6. The molecular weight excluding hydrogens is 290 g/mol. The fourth-order valence-corrected chi connectivity index (χ4v) is 5.54. The SMILES string of the molecule is CN(C1CCCCC1)S(=O)(=O)c1ccsc1CCl. The fraction of sp³-hybridized carbons (Fsp3) is 0.667. The van der Waals surface area contributed by atoms with Crippen LogP contribution in [0.25, 0.3) is 0 Å². The van der Waals surface area contributed by atoms with Crippen LogP contribution in [-0.2, 0) is 15.9 Å². The molecule has 0 aromatic carbocycles. The highest BCUT2D eigenvalue weighted by Crippen LogP contribution is 2.30. The summed E-state index contributed by atoms with van der Waals surface area (Å²) in [6.45, 7) is 0. The first-order chi connectivity index (χ1) is 8.57. The van der Waals surface area contributed by atoms with Crippen LogP contribution in [0, 0.1) is 0 Å². The monoisotopic (exact) mass is 307 g/mol. The van der Waals surface area contributed by atoms with Crippen molar-refractivity contribution in [3.8, 4) is 0 Å². The number of halogens is 1. The highest BCUT2D eigenvalue weighted by atomic mass is 35.5. The minimum absolute atomic E-state index is 0.145. The van der Waals surface area contributed by atoms with Crippen molar-refractivity contribution in [2.75, 3.05) is 7.05 Å². The van der Waals surface area contributed by atoms with Gasteiger partial charge in [0.2, 0.25) is 10.0 Å². The minimum Gasteiger partial charge on any atom is -0.207 e. The largest absolute Gasteiger partial charge is 0.244 e. The second-order valence-corrected chi connectivity index (χ2v) is 7.89. The second-order valence-electron chi connectivity index (χ2n) is 4.65. The van der Waals surface area contributed by atoms with Crippen LogP contribution in [0.1, 0.15) is 37.0 Å². The van der Waals surface area contributed by atoms with Crippen molar-refractivity contribution >= 4 is 33.0 Å². The third-order valence-electron chi connectivity index (χ3n) is 3.57. The first-order valence-corrected chi connectivity index (χ1v) is 9.03. The van der Waals surface area contributed by atoms with Crippen molar-refractivity contribution in [1.29, 1.82) is 0 Å². The molecule has 102 valence electrons. The Morgan fingerprint density at radius 1 is 1.39 bits per heavy atom. The average Bonchev–Trinajstić information content (AvgIpc) is 2.88. The summed E-state index contributed by atoms with van der Waals surface area (Å²) in [7, 11) is -1.68. The van der Waals surface area contributed by atoms with Crippen molar-refractivity contribution < 1.29 is 8.42 Å². The minimum atomic E-state index is -3.38. The van der Waals surface area contributed by atoms with Gasteiger partial charge in [0, 0.05) is 18.0 Å². The smallest absolute Gasteiger partial charge is 0.207 e. The molecule has 0 bridgehead atoms. The van der Waals surface area contributed by atoms with Gasteiger partial charge in [0.15, 0.2) is 0 Å². The van der Waals surface area contributed by atoms with Crippen LogP contribution in [0.3, 0.4) is 0 Å². The molecule has 0 aliphatic heterocycles. The van der Waals surface area contributed by atoms with E-state index in [1.54, 1.807) is 22.8 Å². The van der Waals surface area contributed by atoms with E-state index >= 15 is 0 Å². The zero-order valence-electron chi connectivity index (χ0n) is 10.4. The van der Waals surface area contributed by atoms with Gasteiger partial charge in [0.25, 0.3) is 0 Å². The number of sulfonamides is 1. The summed E-state index contributed by atoms with van der Waals surface area (Å²) in [4.78, 5) is 1.12. The lowest BCUT2D eigenvalue weighted by molar-refractivity contribution is 0.286. The molecule has 0 unspecified atom stereocenters. The van der Waals surface area contributed by atoms with E-state index < -0.39 is 10.0 Å². The first kappa shape index (κ1) is 14.3. The summed E-state index contributed by atoms with van der Waals surface area (Å²) in [6.07, 6.45) is 5.40. The maximum Gasteiger partial charge on any atom is 0.244 e. The first-order valence-electron chi connectivity index (χ1n) is 6.17. The predicted octanol–water partition coefficient (Wildman–Crippen LogP) is 3.44. The van der Waals surface area contributed by atoms with Gasteiger partial charge in [-0.05, 0) is 24.3 Å². The van der Waals surface area contributed by atoms with Crippen LogP contribution in [-0.4, -0.2) is 25.8 Å². The maximum absolute atomic E-state index is 12.5. The Bertz CT molecular complexity index is 492. The molecule has 6 heteroatoms. The van der Waals surface area contributed by atoms with E-state index in [1.165, 1.54) is 17.8 Å². The molecule has 0 spiro atoms. The van der Waals surface area contributed by atoms with E-state index in [4.69, 9.17) is 11.6 Å². The number of thiophene rings is 1. The lowest BCUT2D eigenvalue weighted by Gasteiger charge is -2.30. The molecule has 1 aliphatic carbocycles. The van der Waals surface area contributed by atoms with Gasteiger partial charge in [-0.2, -0.15) is 4.31 Å². The molecule has 0 saturated heterocycles. The number of hydrogen-bond donors (Lipinski definition) is 0. The van der Waals surface area contributed by atoms with Crippen LogP contribution in [0.4, 0.5) is 0 Å². The van der Waals surface area contributed by atoms with Gasteiger partial charge in [0.1, 0.15) is 0 Å². The summed E-state index contributed by atoms with van der Waals surface area (Å²) in [6, 6.07) is 1.81. The van der Waals surface area contributed by atoms with Crippen LogP contribution >= 0.6 is 22.9 Å². The van der Waals surface area contributed by atoms with E-state index in [-0.39, 0.29) is 11.9 Å². The fourth-order valence-electron chi connectivity index (χ4n) is 2.45. The third kappa shape index (κ3) is 2.74. The molecule has 1 saturated carbocycles. The van der Waals surface area contributed by atoms with Gasteiger partial charge in [-0.25, -0.2) is 8.42 Å².